The highest BCUT2D eigenvalue weighted by molar-refractivity contribution is 5.86. The zero-order chi connectivity index (χ0) is 17.9. The average molecular weight is 346 g/mol. The van der Waals surface area contributed by atoms with Crippen LogP contribution in [0.25, 0.3) is 10.9 Å². The lowest BCUT2D eigenvalue weighted by atomic mass is 10.1. The molecule has 0 spiro atoms. The van der Waals surface area contributed by atoms with Gasteiger partial charge in [-0.1, -0.05) is 18.2 Å². The zero-order valence-corrected chi connectivity index (χ0v) is 14.8. The fourth-order valence-electron chi connectivity index (χ4n) is 3.29. The SMILES string of the molecule is Cc1cc(Nc2ccc(CC[C@H]3COC(N)=N3)cc2)cc2cccnc12. The number of fused-ring (bicyclic) bond motifs is 1. The van der Waals surface area contributed by atoms with Crippen LogP contribution in [0.1, 0.15) is 17.5 Å². The molecule has 0 amide bonds. The lowest BCUT2D eigenvalue weighted by molar-refractivity contribution is 0.308. The lowest BCUT2D eigenvalue weighted by Gasteiger charge is -2.11. The summed E-state index contributed by atoms with van der Waals surface area (Å²) in [7, 11) is 0. The maximum absolute atomic E-state index is 5.55. The molecule has 2 aromatic carbocycles. The van der Waals surface area contributed by atoms with Gasteiger partial charge in [0.05, 0.1) is 11.6 Å². The number of aryl methyl sites for hydroxylation is 2. The summed E-state index contributed by atoms with van der Waals surface area (Å²) in [5.74, 6) is 0. The van der Waals surface area contributed by atoms with Crippen LogP contribution in [0.2, 0.25) is 0 Å². The van der Waals surface area contributed by atoms with Gasteiger partial charge in [-0.2, -0.15) is 0 Å². The molecule has 1 atom stereocenters. The molecule has 3 aromatic rings. The molecule has 0 aliphatic carbocycles. The van der Waals surface area contributed by atoms with Gasteiger partial charge in [0.2, 0.25) is 0 Å². The second kappa shape index (κ2) is 7.04. The van der Waals surface area contributed by atoms with E-state index in [9.17, 15) is 0 Å². The molecular formula is C21H22N4O. The second-order valence-electron chi connectivity index (χ2n) is 6.66. The van der Waals surface area contributed by atoms with E-state index in [0.29, 0.717) is 12.6 Å². The summed E-state index contributed by atoms with van der Waals surface area (Å²) in [6.07, 6.45) is 3.74. The number of ether oxygens (including phenoxy) is 1. The molecule has 0 radical (unpaired) electrons. The van der Waals surface area contributed by atoms with Crippen LogP contribution in [-0.2, 0) is 11.2 Å². The third-order valence-electron chi connectivity index (χ3n) is 4.64. The number of aliphatic imine (C=N–C) groups is 1. The largest absolute Gasteiger partial charge is 0.463 e. The number of amidine groups is 1. The van der Waals surface area contributed by atoms with Crippen molar-refractivity contribution in [3.05, 3.63) is 65.9 Å². The summed E-state index contributed by atoms with van der Waals surface area (Å²) in [5.41, 5.74) is 11.2. The molecular weight excluding hydrogens is 324 g/mol. The minimum atomic E-state index is 0.182. The Balaban J connectivity index is 1.42. The Kier molecular flexibility index (Phi) is 4.44. The van der Waals surface area contributed by atoms with Gasteiger partial charge in [0.1, 0.15) is 6.61 Å². The smallest absolute Gasteiger partial charge is 0.282 e. The molecule has 0 bridgehead atoms. The molecule has 0 saturated carbocycles. The number of hydrogen-bond donors (Lipinski definition) is 2. The molecule has 5 nitrogen and oxygen atoms in total. The Morgan fingerprint density at radius 3 is 2.77 bits per heavy atom. The zero-order valence-electron chi connectivity index (χ0n) is 14.8. The molecule has 0 unspecified atom stereocenters. The highest BCUT2D eigenvalue weighted by Gasteiger charge is 2.16. The van der Waals surface area contributed by atoms with Gasteiger partial charge >= 0.3 is 0 Å². The molecule has 4 rings (SSSR count). The summed E-state index contributed by atoms with van der Waals surface area (Å²) in [5, 5.41) is 4.62. The van der Waals surface area contributed by atoms with Gasteiger partial charge in [0.25, 0.3) is 6.02 Å². The van der Waals surface area contributed by atoms with Crippen molar-refractivity contribution in [1.29, 1.82) is 0 Å². The van der Waals surface area contributed by atoms with Crippen LogP contribution in [0.5, 0.6) is 0 Å². The minimum Gasteiger partial charge on any atom is -0.463 e. The second-order valence-corrected chi connectivity index (χ2v) is 6.66. The summed E-state index contributed by atoms with van der Waals surface area (Å²) in [6, 6.07) is 17.3. The van der Waals surface area contributed by atoms with E-state index in [-0.39, 0.29) is 6.04 Å². The van der Waals surface area contributed by atoms with Crippen molar-refractivity contribution >= 4 is 28.3 Å². The van der Waals surface area contributed by atoms with Crippen molar-refractivity contribution in [3.63, 3.8) is 0 Å². The quantitative estimate of drug-likeness (QED) is 0.734. The molecule has 132 valence electrons. The standard InChI is InChI=1S/C21H22N4O/c1-14-11-19(12-16-3-2-10-23-20(14)16)24-17-7-4-15(5-8-17)6-9-18-13-26-21(22)25-18/h2-5,7-8,10-12,18,24H,6,9,13H2,1H3,(H2,22,25)/t18-/m0/s1. The number of rotatable bonds is 5. The van der Waals surface area contributed by atoms with E-state index in [1.807, 2.05) is 12.3 Å². The van der Waals surface area contributed by atoms with Gasteiger partial charge in [-0.15, -0.1) is 0 Å². The third kappa shape index (κ3) is 3.61. The molecule has 0 saturated heterocycles. The molecule has 5 heteroatoms. The van der Waals surface area contributed by atoms with Crippen LogP contribution in [-0.4, -0.2) is 23.7 Å². The number of hydrogen-bond acceptors (Lipinski definition) is 5. The predicted octanol–water partition coefficient (Wildman–Crippen LogP) is 3.93. The lowest BCUT2D eigenvalue weighted by Crippen LogP contribution is -2.10. The van der Waals surface area contributed by atoms with E-state index in [2.05, 4.69) is 64.7 Å². The van der Waals surface area contributed by atoms with Crippen molar-refractivity contribution in [2.75, 3.05) is 11.9 Å². The molecule has 3 N–H and O–H groups in total. The number of anilines is 2. The first-order valence-electron chi connectivity index (χ1n) is 8.85. The monoisotopic (exact) mass is 346 g/mol. The van der Waals surface area contributed by atoms with Gasteiger partial charge in [-0.05, 0) is 61.2 Å². The first-order valence-corrected chi connectivity index (χ1v) is 8.85. The van der Waals surface area contributed by atoms with Gasteiger partial charge in [-0.3, -0.25) is 4.98 Å². The number of pyridine rings is 1. The van der Waals surface area contributed by atoms with Crippen LogP contribution >= 0.6 is 0 Å². The van der Waals surface area contributed by atoms with Gasteiger partial charge in [-0.25, -0.2) is 4.99 Å². The third-order valence-corrected chi connectivity index (χ3v) is 4.64. The van der Waals surface area contributed by atoms with Gasteiger partial charge in [0.15, 0.2) is 0 Å². The van der Waals surface area contributed by atoms with Crippen LogP contribution in [0.3, 0.4) is 0 Å². The maximum atomic E-state index is 5.55. The molecule has 2 heterocycles. The van der Waals surface area contributed by atoms with Crippen molar-refractivity contribution in [3.8, 4) is 0 Å². The van der Waals surface area contributed by atoms with E-state index in [0.717, 1.165) is 35.1 Å². The number of benzene rings is 2. The Morgan fingerprint density at radius 2 is 2.00 bits per heavy atom. The fraction of sp³-hybridized carbons (Fsp3) is 0.238. The summed E-state index contributed by atoms with van der Waals surface area (Å²) in [4.78, 5) is 8.71. The minimum absolute atomic E-state index is 0.182. The summed E-state index contributed by atoms with van der Waals surface area (Å²) in [6.45, 7) is 2.69. The summed E-state index contributed by atoms with van der Waals surface area (Å²) >= 11 is 0. The fourth-order valence-corrected chi connectivity index (χ4v) is 3.29. The maximum Gasteiger partial charge on any atom is 0.282 e. The number of nitrogens with one attached hydrogen (secondary N) is 1. The Labute approximate surface area is 152 Å². The topological polar surface area (TPSA) is 72.5 Å². The highest BCUT2D eigenvalue weighted by atomic mass is 16.5. The van der Waals surface area contributed by atoms with E-state index >= 15 is 0 Å². The Hall–Kier alpha value is -3.08. The van der Waals surface area contributed by atoms with Gasteiger partial charge < -0.3 is 15.8 Å². The summed E-state index contributed by atoms with van der Waals surface area (Å²) < 4.78 is 5.19. The molecule has 1 aliphatic heterocycles. The Bertz CT molecular complexity index is 950. The van der Waals surface area contributed by atoms with E-state index < -0.39 is 0 Å². The molecule has 26 heavy (non-hydrogen) atoms. The van der Waals surface area contributed by atoms with Crippen LogP contribution in [0.15, 0.2) is 59.7 Å². The number of aromatic nitrogens is 1. The van der Waals surface area contributed by atoms with Gasteiger partial charge in [0, 0.05) is 23.0 Å². The van der Waals surface area contributed by atoms with Crippen LogP contribution in [0.4, 0.5) is 11.4 Å². The molecule has 1 aliphatic rings. The van der Waals surface area contributed by atoms with Crippen molar-refractivity contribution in [2.24, 2.45) is 10.7 Å². The first-order chi connectivity index (χ1) is 12.7. The van der Waals surface area contributed by atoms with Crippen LogP contribution < -0.4 is 11.1 Å². The van der Waals surface area contributed by atoms with E-state index in [1.165, 1.54) is 11.1 Å². The van der Waals surface area contributed by atoms with Crippen LogP contribution in [0, 0.1) is 6.92 Å². The van der Waals surface area contributed by atoms with E-state index in [4.69, 9.17) is 10.5 Å². The van der Waals surface area contributed by atoms with Crippen molar-refractivity contribution in [2.45, 2.75) is 25.8 Å². The number of nitrogens with two attached hydrogens (primary N) is 1. The first kappa shape index (κ1) is 16.4. The average Bonchev–Trinajstić information content (AvgIpc) is 3.07. The molecule has 0 fully saturated rings. The van der Waals surface area contributed by atoms with Crippen molar-refractivity contribution in [1.82, 2.24) is 4.98 Å². The molecule has 1 aromatic heterocycles. The predicted molar refractivity (Wildman–Crippen MR) is 106 cm³/mol. The number of nitrogens with zero attached hydrogens (tertiary/aromatic N) is 2. The van der Waals surface area contributed by atoms with Crippen molar-refractivity contribution < 1.29 is 4.74 Å². The normalized spacial score (nSPS) is 16.3. The highest BCUT2D eigenvalue weighted by Crippen LogP contribution is 2.25. The Morgan fingerprint density at radius 1 is 1.15 bits per heavy atom. The van der Waals surface area contributed by atoms with E-state index in [1.54, 1.807) is 0 Å².